The summed E-state index contributed by atoms with van der Waals surface area (Å²) in [5, 5.41) is 6.77. The lowest BCUT2D eigenvalue weighted by molar-refractivity contribution is -0.131. The van der Waals surface area contributed by atoms with Crippen molar-refractivity contribution in [1.82, 2.24) is 14.7 Å². The van der Waals surface area contributed by atoms with Crippen LogP contribution in [0.1, 0.15) is 28.8 Å². The first-order valence-corrected chi connectivity index (χ1v) is 9.79. The Morgan fingerprint density at radius 2 is 1.74 bits per heavy atom. The predicted octanol–water partition coefficient (Wildman–Crippen LogP) is 3.28. The molecule has 0 unspecified atom stereocenters. The fraction of sp³-hybridized carbons (Fsp3) is 0.217. The largest absolute Gasteiger partial charge is 0.340 e. The zero-order valence-corrected chi connectivity index (χ0v) is 17.1. The van der Waals surface area contributed by atoms with Crippen molar-refractivity contribution in [1.29, 1.82) is 0 Å². The van der Waals surface area contributed by atoms with E-state index in [9.17, 15) is 18.8 Å². The van der Waals surface area contributed by atoms with E-state index in [1.54, 1.807) is 49.6 Å². The topological polar surface area (TPSA) is 84.3 Å². The van der Waals surface area contributed by atoms with Gasteiger partial charge in [-0.15, -0.1) is 0 Å². The van der Waals surface area contributed by atoms with Crippen molar-refractivity contribution in [2.75, 3.05) is 12.4 Å². The SMILES string of the molecule is CN(Cc1ccc(F)cc1)C(=O)Cn1cc(NC(=O)CCC(=O)c2ccccc2)cn1. The van der Waals surface area contributed by atoms with Gasteiger partial charge in [0.25, 0.3) is 0 Å². The molecule has 3 rings (SSSR count). The zero-order chi connectivity index (χ0) is 22.2. The summed E-state index contributed by atoms with van der Waals surface area (Å²) in [6.45, 7) is 0.347. The number of Topliss-reactive ketones (excluding diaryl/α,β-unsaturated/α-hetero) is 1. The van der Waals surface area contributed by atoms with Crippen LogP contribution in [0.5, 0.6) is 0 Å². The van der Waals surface area contributed by atoms with Gasteiger partial charge < -0.3 is 10.2 Å². The molecule has 7 nitrogen and oxygen atoms in total. The number of benzene rings is 2. The Labute approximate surface area is 179 Å². The van der Waals surface area contributed by atoms with Gasteiger partial charge in [0.1, 0.15) is 12.4 Å². The zero-order valence-electron chi connectivity index (χ0n) is 17.1. The Hall–Kier alpha value is -3.81. The third-order valence-corrected chi connectivity index (χ3v) is 4.65. The van der Waals surface area contributed by atoms with Gasteiger partial charge in [0.05, 0.1) is 11.9 Å². The van der Waals surface area contributed by atoms with Gasteiger partial charge in [-0.25, -0.2) is 4.39 Å². The van der Waals surface area contributed by atoms with Crippen LogP contribution < -0.4 is 5.32 Å². The van der Waals surface area contributed by atoms with E-state index in [1.807, 2.05) is 6.07 Å². The fourth-order valence-corrected chi connectivity index (χ4v) is 2.94. The highest BCUT2D eigenvalue weighted by Crippen LogP contribution is 2.10. The summed E-state index contributed by atoms with van der Waals surface area (Å²) >= 11 is 0. The van der Waals surface area contributed by atoms with Crippen molar-refractivity contribution in [3.8, 4) is 0 Å². The Bertz CT molecular complexity index is 1050. The molecule has 0 spiro atoms. The first kappa shape index (κ1) is 21.9. The van der Waals surface area contributed by atoms with E-state index in [2.05, 4.69) is 10.4 Å². The molecule has 31 heavy (non-hydrogen) atoms. The second-order valence-corrected chi connectivity index (χ2v) is 7.14. The van der Waals surface area contributed by atoms with Gasteiger partial charge in [0.2, 0.25) is 11.8 Å². The molecule has 1 N–H and O–H groups in total. The van der Waals surface area contributed by atoms with Crippen LogP contribution in [0.15, 0.2) is 67.0 Å². The van der Waals surface area contributed by atoms with Crippen LogP contribution in [0, 0.1) is 5.82 Å². The summed E-state index contributed by atoms with van der Waals surface area (Å²) < 4.78 is 14.4. The van der Waals surface area contributed by atoms with E-state index in [4.69, 9.17) is 0 Å². The average molecular weight is 422 g/mol. The Balaban J connectivity index is 1.45. The number of halogens is 1. The predicted molar refractivity (Wildman–Crippen MR) is 114 cm³/mol. The number of carbonyl (C=O) groups excluding carboxylic acids is 3. The Kier molecular flexibility index (Phi) is 7.26. The number of hydrogen-bond donors (Lipinski definition) is 1. The van der Waals surface area contributed by atoms with E-state index < -0.39 is 0 Å². The quantitative estimate of drug-likeness (QED) is 0.537. The molecule has 160 valence electrons. The van der Waals surface area contributed by atoms with Crippen LogP contribution >= 0.6 is 0 Å². The number of hydrogen-bond acceptors (Lipinski definition) is 4. The van der Waals surface area contributed by atoms with Gasteiger partial charge >= 0.3 is 0 Å². The maximum atomic E-state index is 13.0. The molecule has 0 atom stereocenters. The number of ketones is 1. The molecule has 1 heterocycles. The van der Waals surface area contributed by atoms with Crippen LogP contribution in [-0.4, -0.2) is 39.3 Å². The fourth-order valence-electron chi connectivity index (χ4n) is 2.94. The molecule has 0 fully saturated rings. The summed E-state index contributed by atoms with van der Waals surface area (Å²) in [5.74, 6) is -0.906. The van der Waals surface area contributed by atoms with E-state index in [0.29, 0.717) is 17.8 Å². The van der Waals surface area contributed by atoms with Crippen LogP contribution in [-0.2, 0) is 22.7 Å². The van der Waals surface area contributed by atoms with Crippen LogP contribution in [0.3, 0.4) is 0 Å². The smallest absolute Gasteiger partial charge is 0.244 e. The van der Waals surface area contributed by atoms with Crippen LogP contribution in [0.4, 0.5) is 10.1 Å². The van der Waals surface area contributed by atoms with E-state index in [1.165, 1.54) is 27.9 Å². The number of aromatic nitrogens is 2. The number of anilines is 1. The maximum Gasteiger partial charge on any atom is 0.244 e. The number of amides is 2. The molecule has 0 radical (unpaired) electrons. The average Bonchev–Trinajstić information content (AvgIpc) is 3.20. The van der Waals surface area contributed by atoms with Crippen LogP contribution in [0.2, 0.25) is 0 Å². The van der Waals surface area contributed by atoms with Crippen molar-refractivity contribution in [2.45, 2.75) is 25.9 Å². The van der Waals surface area contributed by atoms with Gasteiger partial charge in [-0.1, -0.05) is 42.5 Å². The molecular formula is C23H23FN4O3. The highest BCUT2D eigenvalue weighted by atomic mass is 19.1. The highest BCUT2D eigenvalue weighted by Gasteiger charge is 2.13. The molecule has 8 heteroatoms. The molecule has 0 aliphatic carbocycles. The standard InChI is InChI=1S/C23H23FN4O3/c1-27(14-17-7-9-19(24)10-8-17)23(31)16-28-15-20(13-25-28)26-22(30)12-11-21(29)18-5-3-2-4-6-18/h2-10,13,15H,11-12,14,16H2,1H3,(H,26,30). The van der Waals surface area contributed by atoms with E-state index in [0.717, 1.165) is 5.56 Å². The summed E-state index contributed by atoms with van der Waals surface area (Å²) in [6.07, 6.45) is 3.17. The molecule has 0 aliphatic rings. The normalized spacial score (nSPS) is 10.5. The summed E-state index contributed by atoms with van der Waals surface area (Å²) in [6, 6.07) is 14.8. The third-order valence-electron chi connectivity index (χ3n) is 4.65. The summed E-state index contributed by atoms with van der Waals surface area (Å²) in [7, 11) is 1.65. The van der Waals surface area contributed by atoms with E-state index >= 15 is 0 Å². The van der Waals surface area contributed by atoms with Crippen molar-refractivity contribution in [3.05, 3.63) is 83.9 Å². The molecule has 2 amide bonds. The minimum atomic E-state index is -0.326. The minimum absolute atomic E-state index is 0.0000578. The van der Waals surface area contributed by atoms with Crippen molar-refractivity contribution in [2.24, 2.45) is 0 Å². The molecular weight excluding hydrogens is 399 g/mol. The lowest BCUT2D eigenvalue weighted by atomic mass is 10.1. The number of nitrogens with zero attached hydrogens (tertiary/aromatic N) is 3. The number of carbonyl (C=O) groups is 3. The molecule has 1 aromatic heterocycles. The van der Waals surface area contributed by atoms with Gasteiger partial charge in [-0.2, -0.15) is 5.10 Å². The first-order valence-electron chi connectivity index (χ1n) is 9.79. The third kappa shape index (κ3) is 6.60. The molecule has 0 bridgehead atoms. The lowest BCUT2D eigenvalue weighted by Crippen LogP contribution is -2.29. The molecule has 0 aliphatic heterocycles. The second-order valence-electron chi connectivity index (χ2n) is 7.14. The Morgan fingerprint density at radius 1 is 1.03 bits per heavy atom. The summed E-state index contributed by atoms with van der Waals surface area (Å²) in [4.78, 5) is 38.1. The van der Waals surface area contributed by atoms with Gasteiger partial charge in [0, 0.05) is 38.2 Å². The molecule has 0 saturated carbocycles. The Morgan fingerprint density at radius 3 is 2.45 bits per heavy atom. The van der Waals surface area contributed by atoms with Gasteiger partial charge in [0.15, 0.2) is 5.78 Å². The number of rotatable bonds is 9. The maximum absolute atomic E-state index is 13.0. The first-order chi connectivity index (χ1) is 14.9. The van der Waals surface area contributed by atoms with Crippen molar-refractivity contribution < 1.29 is 18.8 Å². The second kappa shape index (κ2) is 10.3. The lowest BCUT2D eigenvalue weighted by Gasteiger charge is -2.17. The molecule has 3 aromatic rings. The number of nitrogens with one attached hydrogen (secondary N) is 1. The molecule has 0 saturated heterocycles. The van der Waals surface area contributed by atoms with Crippen molar-refractivity contribution >= 4 is 23.3 Å². The monoisotopic (exact) mass is 422 g/mol. The molecule has 2 aromatic carbocycles. The van der Waals surface area contributed by atoms with Gasteiger partial charge in [-0.05, 0) is 17.7 Å². The van der Waals surface area contributed by atoms with Crippen LogP contribution in [0.25, 0.3) is 0 Å². The van der Waals surface area contributed by atoms with Gasteiger partial charge in [-0.3, -0.25) is 19.1 Å². The summed E-state index contributed by atoms with van der Waals surface area (Å²) in [5.41, 5.74) is 1.84. The number of likely N-dealkylation sites (N-methyl/N-ethyl adjacent to an activating group) is 1. The van der Waals surface area contributed by atoms with Crippen molar-refractivity contribution in [3.63, 3.8) is 0 Å². The highest BCUT2D eigenvalue weighted by molar-refractivity contribution is 5.99. The minimum Gasteiger partial charge on any atom is -0.340 e. The van der Waals surface area contributed by atoms with E-state index in [-0.39, 0.29) is 42.8 Å².